The van der Waals surface area contributed by atoms with Crippen LogP contribution in [0.5, 0.6) is 0 Å². The molecule has 1 amide bonds. The van der Waals surface area contributed by atoms with Gasteiger partial charge in [-0.15, -0.1) is 23.1 Å². The number of nitrogens with one attached hydrogen (secondary N) is 1. The lowest BCUT2D eigenvalue weighted by atomic mass is 10.3. The molecule has 20 heavy (non-hydrogen) atoms. The number of carbonyl (C=O) groups is 2. The van der Waals surface area contributed by atoms with E-state index in [4.69, 9.17) is 5.11 Å². The van der Waals surface area contributed by atoms with E-state index in [2.05, 4.69) is 21.2 Å². The second-order valence-corrected chi connectivity index (χ2v) is 6.67. The minimum atomic E-state index is -0.943. The predicted octanol–water partition coefficient (Wildman–Crippen LogP) is 3.94. The third-order valence-corrected chi connectivity index (χ3v) is 4.86. The lowest BCUT2D eigenvalue weighted by Crippen LogP contribution is -2.13. The van der Waals surface area contributed by atoms with Crippen LogP contribution >= 0.6 is 39.0 Å². The van der Waals surface area contributed by atoms with Crippen LogP contribution in [0.1, 0.15) is 9.67 Å². The van der Waals surface area contributed by atoms with Gasteiger partial charge in [-0.25, -0.2) is 4.79 Å². The van der Waals surface area contributed by atoms with Crippen molar-refractivity contribution >= 4 is 56.6 Å². The van der Waals surface area contributed by atoms with E-state index >= 15 is 0 Å². The summed E-state index contributed by atoms with van der Waals surface area (Å²) in [6.07, 6.45) is 0. The smallest absolute Gasteiger partial charge is 0.345 e. The van der Waals surface area contributed by atoms with E-state index in [1.807, 2.05) is 12.1 Å². The minimum Gasteiger partial charge on any atom is -0.477 e. The number of carbonyl (C=O) groups excluding carboxylic acids is 1. The molecule has 0 aliphatic carbocycles. The van der Waals surface area contributed by atoms with Crippen LogP contribution in [0.25, 0.3) is 0 Å². The van der Waals surface area contributed by atoms with Crippen molar-refractivity contribution in [2.75, 3.05) is 11.1 Å². The van der Waals surface area contributed by atoms with Gasteiger partial charge in [-0.05, 0) is 30.3 Å². The van der Waals surface area contributed by atoms with E-state index in [0.717, 1.165) is 26.4 Å². The highest BCUT2D eigenvalue weighted by Crippen LogP contribution is 2.25. The van der Waals surface area contributed by atoms with Crippen LogP contribution in [-0.2, 0) is 4.79 Å². The Hall–Kier alpha value is -1.31. The monoisotopic (exact) mass is 371 g/mol. The first-order valence-corrected chi connectivity index (χ1v) is 8.20. The van der Waals surface area contributed by atoms with E-state index < -0.39 is 5.97 Å². The van der Waals surface area contributed by atoms with E-state index in [0.29, 0.717) is 0 Å². The first kappa shape index (κ1) is 15.1. The van der Waals surface area contributed by atoms with Crippen LogP contribution in [0.2, 0.25) is 0 Å². The summed E-state index contributed by atoms with van der Waals surface area (Å²) in [5, 5.41) is 13.3. The number of thiophene rings is 1. The zero-order valence-electron chi connectivity index (χ0n) is 10.1. The second kappa shape index (κ2) is 6.92. The topological polar surface area (TPSA) is 66.4 Å². The first-order valence-electron chi connectivity index (χ1n) is 5.54. The number of hydrogen-bond donors (Lipinski definition) is 2. The van der Waals surface area contributed by atoms with Crippen molar-refractivity contribution in [3.05, 3.63) is 45.1 Å². The fourth-order valence-electron chi connectivity index (χ4n) is 1.39. The van der Waals surface area contributed by atoms with Gasteiger partial charge in [-0.2, -0.15) is 0 Å². The SMILES string of the molecule is O=C(CSc1csc(C(=O)O)c1)Nc1ccc(Br)cc1. The Bertz CT molecular complexity index is 625. The third kappa shape index (κ3) is 4.36. The molecule has 1 heterocycles. The Morgan fingerprint density at radius 3 is 2.60 bits per heavy atom. The van der Waals surface area contributed by atoms with Gasteiger partial charge in [0, 0.05) is 20.4 Å². The molecule has 0 spiro atoms. The molecule has 2 N–H and O–H groups in total. The number of amides is 1. The molecular weight excluding hydrogens is 362 g/mol. The highest BCUT2D eigenvalue weighted by molar-refractivity contribution is 9.10. The maximum absolute atomic E-state index is 11.8. The molecule has 1 aromatic carbocycles. The number of halogens is 1. The fourth-order valence-corrected chi connectivity index (χ4v) is 3.32. The van der Waals surface area contributed by atoms with Crippen molar-refractivity contribution < 1.29 is 14.7 Å². The molecule has 0 aliphatic heterocycles. The number of carboxylic acids is 1. The van der Waals surface area contributed by atoms with Crippen LogP contribution < -0.4 is 5.32 Å². The molecular formula is C13H10BrNO3S2. The van der Waals surface area contributed by atoms with Gasteiger partial charge in [0.2, 0.25) is 5.91 Å². The van der Waals surface area contributed by atoms with Crippen molar-refractivity contribution in [3.8, 4) is 0 Å². The Labute approximate surface area is 132 Å². The van der Waals surface area contributed by atoms with Gasteiger partial charge in [0.15, 0.2) is 0 Å². The average Bonchev–Trinajstić information content (AvgIpc) is 2.88. The predicted molar refractivity (Wildman–Crippen MR) is 84.8 cm³/mol. The van der Waals surface area contributed by atoms with Gasteiger partial charge < -0.3 is 10.4 Å². The molecule has 1 aromatic heterocycles. The second-order valence-electron chi connectivity index (χ2n) is 3.80. The summed E-state index contributed by atoms with van der Waals surface area (Å²) in [5.41, 5.74) is 0.732. The Morgan fingerprint density at radius 1 is 1.30 bits per heavy atom. The Kier molecular flexibility index (Phi) is 5.22. The molecule has 0 radical (unpaired) electrons. The van der Waals surface area contributed by atoms with Gasteiger partial charge in [0.05, 0.1) is 5.75 Å². The molecule has 2 rings (SSSR count). The lowest BCUT2D eigenvalue weighted by Gasteiger charge is -2.04. The van der Waals surface area contributed by atoms with Crippen molar-refractivity contribution in [3.63, 3.8) is 0 Å². The molecule has 2 aromatic rings. The van der Waals surface area contributed by atoms with Crippen LogP contribution in [0.3, 0.4) is 0 Å². The minimum absolute atomic E-state index is 0.125. The van der Waals surface area contributed by atoms with E-state index in [9.17, 15) is 9.59 Å². The highest BCUT2D eigenvalue weighted by Gasteiger charge is 2.09. The molecule has 0 bridgehead atoms. The van der Waals surface area contributed by atoms with Gasteiger partial charge >= 0.3 is 5.97 Å². The zero-order valence-corrected chi connectivity index (χ0v) is 13.3. The average molecular weight is 372 g/mol. The summed E-state index contributed by atoms with van der Waals surface area (Å²) in [4.78, 5) is 23.6. The number of anilines is 1. The summed E-state index contributed by atoms with van der Waals surface area (Å²) in [6.45, 7) is 0. The van der Waals surface area contributed by atoms with Gasteiger partial charge in [0.1, 0.15) is 4.88 Å². The number of thioether (sulfide) groups is 1. The standard InChI is InChI=1S/C13H10BrNO3S2/c14-8-1-3-9(4-2-8)15-12(16)7-19-10-5-11(13(17)18)20-6-10/h1-6H,7H2,(H,15,16)(H,17,18). The van der Waals surface area contributed by atoms with Crippen molar-refractivity contribution in [1.82, 2.24) is 0 Å². The van der Waals surface area contributed by atoms with Crippen molar-refractivity contribution in [2.24, 2.45) is 0 Å². The summed E-state index contributed by atoms with van der Waals surface area (Å²) in [6, 6.07) is 8.88. The normalized spacial score (nSPS) is 10.2. The summed E-state index contributed by atoms with van der Waals surface area (Å²) < 4.78 is 0.948. The molecule has 0 unspecified atom stereocenters. The molecule has 0 atom stereocenters. The van der Waals surface area contributed by atoms with Gasteiger partial charge in [0.25, 0.3) is 0 Å². The van der Waals surface area contributed by atoms with Crippen LogP contribution in [-0.4, -0.2) is 22.7 Å². The lowest BCUT2D eigenvalue weighted by molar-refractivity contribution is -0.113. The fraction of sp³-hybridized carbons (Fsp3) is 0.0769. The first-order chi connectivity index (χ1) is 9.54. The maximum Gasteiger partial charge on any atom is 0.345 e. The van der Waals surface area contributed by atoms with Crippen molar-refractivity contribution in [2.45, 2.75) is 4.90 Å². The molecule has 104 valence electrons. The Morgan fingerprint density at radius 2 is 2.00 bits per heavy atom. The third-order valence-electron chi connectivity index (χ3n) is 2.28. The molecule has 0 saturated heterocycles. The van der Waals surface area contributed by atoms with Crippen LogP contribution in [0, 0.1) is 0 Å². The molecule has 7 heteroatoms. The molecule has 0 aliphatic rings. The summed E-state index contributed by atoms with van der Waals surface area (Å²) in [5.74, 6) is -0.826. The summed E-state index contributed by atoms with van der Waals surface area (Å²) >= 11 is 5.80. The van der Waals surface area contributed by atoms with E-state index in [1.54, 1.807) is 23.6 Å². The number of carboxylic acid groups (broad SMARTS) is 1. The zero-order chi connectivity index (χ0) is 14.5. The molecule has 0 fully saturated rings. The quantitative estimate of drug-likeness (QED) is 0.781. The van der Waals surface area contributed by atoms with Gasteiger partial charge in [-0.1, -0.05) is 15.9 Å². The highest BCUT2D eigenvalue weighted by atomic mass is 79.9. The number of rotatable bonds is 5. The van der Waals surface area contributed by atoms with Gasteiger partial charge in [-0.3, -0.25) is 4.79 Å². The maximum atomic E-state index is 11.8. The van der Waals surface area contributed by atoms with Crippen LogP contribution in [0.4, 0.5) is 5.69 Å². The Balaban J connectivity index is 1.85. The number of benzene rings is 1. The van der Waals surface area contributed by atoms with Crippen LogP contribution in [0.15, 0.2) is 45.1 Å². The summed E-state index contributed by atoms with van der Waals surface area (Å²) in [7, 11) is 0. The largest absolute Gasteiger partial charge is 0.477 e. The number of aromatic carboxylic acids is 1. The van der Waals surface area contributed by atoms with E-state index in [-0.39, 0.29) is 16.5 Å². The molecule has 4 nitrogen and oxygen atoms in total. The molecule has 0 saturated carbocycles. The van der Waals surface area contributed by atoms with E-state index in [1.165, 1.54) is 11.8 Å². The number of hydrogen-bond acceptors (Lipinski definition) is 4. The van der Waals surface area contributed by atoms with Crippen molar-refractivity contribution in [1.29, 1.82) is 0 Å².